The van der Waals surface area contributed by atoms with Gasteiger partial charge in [-0.15, -0.1) is 11.8 Å². The van der Waals surface area contributed by atoms with Crippen LogP contribution < -0.4 is 4.74 Å². The molecule has 2 aliphatic rings. The third-order valence-corrected chi connectivity index (χ3v) is 8.21. The molecule has 2 aromatic carbocycles. The van der Waals surface area contributed by atoms with Gasteiger partial charge in [-0.25, -0.2) is 0 Å². The summed E-state index contributed by atoms with van der Waals surface area (Å²) in [7, 11) is 0. The highest BCUT2D eigenvalue weighted by atomic mass is 35.5. The lowest BCUT2D eigenvalue weighted by Gasteiger charge is -2.41. The molecule has 2 heterocycles. The van der Waals surface area contributed by atoms with Crippen molar-refractivity contribution >= 4 is 23.4 Å². The summed E-state index contributed by atoms with van der Waals surface area (Å²) in [5.41, 5.74) is 1.99. The molecule has 0 bridgehead atoms. The van der Waals surface area contributed by atoms with Gasteiger partial charge in [0.1, 0.15) is 35.6 Å². The summed E-state index contributed by atoms with van der Waals surface area (Å²) in [6.07, 6.45) is -3.04. The highest BCUT2D eigenvalue weighted by Crippen LogP contribution is 2.41. The van der Waals surface area contributed by atoms with Crippen LogP contribution in [-0.4, -0.2) is 63.6 Å². The molecular formula is C25H31ClO6S. The number of rotatable bonds is 7. The molecular weight excluding hydrogens is 464 g/mol. The fourth-order valence-corrected chi connectivity index (χ4v) is 5.86. The minimum Gasteiger partial charge on any atom is -0.494 e. The van der Waals surface area contributed by atoms with Gasteiger partial charge in [0.25, 0.3) is 0 Å². The average Bonchev–Trinajstić information content (AvgIpc) is 3.21. The summed E-state index contributed by atoms with van der Waals surface area (Å²) in [4.78, 5) is 0. The molecule has 3 unspecified atom stereocenters. The summed E-state index contributed by atoms with van der Waals surface area (Å²) in [5, 5.41) is 32.6. The highest BCUT2D eigenvalue weighted by molar-refractivity contribution is 8.00. The Labute approximate surface area is 203 Å². The van der Waals surface area contributed by atoms with Crippen molar-refractivity contribution < 1.29 is 29.5 Å². The van der Waals surface area contributed by atoms with Gasteiger partial charge in [0.2, 0.25) is 0 Å². The molecule has 0 aliphatic carbocycles. The number of hydrogen-bond acceptors (Lipinski definition) is 7. The lowest BCUT2D eigenvalue weighted by Crippen LogP contribution is -2.53. The molecule has 180 valence electrons. The van der Waals surface area contributed by atoms with Crippen LogP contribution in [0.1, 0.15) is 43.1 Å². The second kappa shape index (κ2) is 11.0. The lowest BCUT2D eigenvalue weighted by molar-refractivity contribution is -0.200. The van der Waals surface area contributed by atoms with Crippen molar-refractivity contribution in [2.75, 3.05) is 13.2 Å². The number of aliphatic hydroxyl groups excluding tert-OH is 3. The Morgan fingerprint density at radius 1 is 1.06 bits per heavy atom. The summed E-state index contributed by atoms with van der Waals surface area (Å²) in [6, 6.07) is 13.3. The smallest absolute Gasteiger partial charge is 0.133 e. The fourth-order valence-electron chi connectivity index (χ4n) is 4.30. The molecule has 6 nitrogen and oxygen atoms in total. The molecule has 0 saturated carbocycles. The molecule has 7 atom stereocenters. The molecule has 4 rings (SSSR count). The predicted octanol–water partition coefficient (Wildman–Crippen LogP) is 3.72. The van der Waals surface area contributed by atoms with Gasteiger partial charge in [-0.2, -0.15) is 0 Å². The van der Waals surface area contributed by atoms with E-state index in [2.05, 4.69) is 0 Å². The number of benzene rings is 2. The summed E-state index contributed by atoms with van der Waals surface area (Å²) in [5.74, 6) is 0.817. The normalized spacial score (nSPS) is 32.1. The van der Waals surface area contributed by atoms with E-state index in [9.17, 15) is 15.3 Å². The third kappa shape index (κ3) is 5.68. The van der Waals surface area contributed by atoms with Gasteiger partial charge >= 0.3 is 0 Å². The molecule has 0 amide bonds. The van der Waals surface area contributed by atoms with Crippen molar-refractivity contribution in [2.24, 2.45) is 0 Å². The van der Waals surface area contributed by atoms with Gasteiger partial charge in [0.15, 0.2) is 0 Å². The molecule has 3 N–H and O–H groups in total. The van der Waals surface area contributed by atoms with Gasteiger partial charge < -0.3 is 29.5 Å². The Bertz CT molecular complexity index is 926. The fraction of sp³-hybridized carbons (Fsp3) is 0.520. The molecule has 8 heteroatoms. The van der Waals surface area contributed by atoms with Crippen molar-refractivity contribution in [2.45, 2.75) is 67.9 Å². The van der Waals surface area contributed by atoms with Gasteiger partial charge in [-0.3, -0.25) is 0 Å². The van der Waals surface area contributed by atoms with E-state index in [1.165, 1.54) is 11.8 Å². The minimum atomic E-state index is -1.32. The van der Waals surface area contributed by atoms with E-state index < -0.39 is 29.9 Å². The number of hydrogen-bond donors (Lipinski definition) is 3. The zero-order valence-electron chi connectivity index (χ0n) is 18.8. The zero-order valence-corrected chi connectivity index (χ0v) is 20.3. The Hall–Kier alpha value is -1.32. The van der Waals surface area contributed by atoms with Crippen LogP contribution in [0.4, 0.5) is 0 Å². The first-order chi connectivity index (χ1) is 15.9. The van der Waals surface area contributed by atoms with E-state index in [0.29, 0.717) is 30.2 Å². The number of aliphatic hydroxyl groups is 3. The van der Waals surface area contributed by atoms with Crippen LogP contribution >= 0.6 is 23.4 Å². The van der Waals surface area contributed by atoms with E-state index in [1.807, 2.05) is 44.2 Å². The van der Waals surface area contributed by atoms with Crippen molar-refractivity contribution in [3.63, 3.8) is 0 Å². The van der Waals surface area contributed by atoms with Crippen molar-refractivity contribution in [1.29, 1.82) is 0 Å². The maximum atomic E-state index is 10.7. The first kappa shape index (κ1) is 24.8. The Balaban J connectivity index is 1.52. The van der Waals surface area contributed by atoms with E-state index in [-0.39, 0.29) is 11.4 Å². The van der Waals surface area contributed by atoms with Gasteiger partial charge in [0, 0.05) is 16.9 Å². The van der Waals surface area contributed by atoms with Gasteiger partial charge in [0.05, 0.1) is 12.7 Å². The topological polar surface area (TPSA) is 88.4 Å². The van der Waals surface area contributed by atoms with Crippen molar-refractivity contribution in [1.82, 2.24) is 0 Å². The Kier molecular flexibility index (Phi) is 8.23. The third-order valence-electron chi connectivity index (χ3n) is 6.21. The summed E-state index contributed by atoms with van der Waals surface area (Å²) < 4.78 is 17.3. The van der Waals surface area contributed by atoms with Crippen LogP contribution in [0.3, 0.4) is 0 Å². The predicted molar refractivity (Wildman–Crippen MR) is 129 cm³/mol. The van der Waals surface area contributed by atoms with Crippen LogP contribution in [0.15, 0.2) is 42.5 Å². The molecule has 33 heavy (non-hydrogen) atoms. The largest absolute Gasteiger partial charge is 0.494 e. The lowest BCUT2D eigenvalue weighted by atomic mass is 9.92. The number of thioether (sulfide) groups is 1. The highest BCUT2D eigenvalue weighted by Gasteiger charge is 2.46. The molecule has 2 saturated heterocycles. The first-order valence-corrected chi connectivity index (χ1v) is 12.7. The monoisotopic (exact) mass is 494 g/mol. The van der Waals surface area contributed by atoms with Crippen LogP contribution in [0, 0.1) is 0 Å². The average molecular weight is 495 g/mol. The second-order valence-corrected chi connectivity index (χ2v) is 10.3. The molecule has 0 radical (unpaired) electrons. The van der Waals surface area contributed by atoms with Crippen molar-refractivity contribution in [3.05, 3.63) is 64.2 Å². The van der Waals surface area contributed by atoms with E-state index in [1.54, 1.807) is 12.1 Å². The SMILES string of the molecule is CCOc1ccc(Cc2cc(C3O[C@H](SC4CCOC4C)[C@@H](O)[C@H](O)[C@H]3O)ccc2Cl)cc1. The van der Waals surface area contributed by atoms with Crippen LogP contribution in [-0.2, 0) is 15.9 Å². The van der Waals surface area contributed by atoms with E-state index in [0.717, 1.165) is 23.3 Å². The second-order valence-electron chi connectivity index (χ2n) is 8.54. The van der Waals surface area contributed by atoms with Crippen molar-refractivity contribution in [3.8, 4) is 5.75 Å². The van der Waals surface area contributed by atoms with Crippen LogP contribution in [0.2, 0.25) is 5.02 Å². The van der Waals surface area contributed by atoms with Gasteiger partial charge in [-0.05, 0) is 61.6 Å². The zero-order chi connectivity index (χ0) is 23.5. The molecule has 2 aliphatic heterocycles. The van der Waals surface area contributed by atoms with E-state index >= 15 is 0 Å². The standard InChI is InChI=1S/C25H31ClO6S/c1-3-30-18-7-4-15(5-8-18)12-17-13-16(6-9-19(17)26)24-22(28)21(27)23(29)25(32-24)33-20-10-11-31-14(20)2/h4-9,13-14,20-25,27-29H,3,10-12H2,1-2H3/t14?,20?,21-,22-,23+,24?,25-/m1/s1. The quantitative estimate of drug-likeness (QED) is 0.540. The van der Waals surface area contributed by atoms with Crippen LogP contribution in [0.5, 0.6) is 5.75 Å². The maximum Gasteiger partial charge on any atom is 0.133 e. The minimum absolute atomic E-state index is 0.0458. The summed E-state index contributed by atoms with van der Waals surface area (Å²) >= 11 is 7.93. The maximum absolute atomic E-state index is 10.7. The Morgan fingerprint density at radius 2 is 1.82 bits per heavy atom. The molecule has 2 aromatic rings. The van der Waals surface area contributed by atoms with Gasteiger partial charge in [-0.1, -0.05) is 35.9 Å². The van der Waals surface area contributed by atoms with E-state index in [4.69, 9.17) is 25.8 Å². The number of ether oxygens (including phenoxy) is 3. The Morgan fingerprint density at radius 3 is 2.48 bits per heavy atom. The summed E-state index contributed by atoms with van der Waals surface area (Å²) in [6.45, 7) is 5.23. The molecule has 0 spiro atoms. The van der Waals surface area contributed by atoms with Crippen LogP contribution in [0.25, 0.3) is 0 Å². The number of halogens is 1. The first-order valence-electron chi connectivity index (χ1n) is 11.3. The molecule has 2 fully saturated rings. The molecule has 0 aromatic heterocycles.